The van der Waals surface area contributed by atoms with Gasteiger partial charge in [0.15, 0.2) is 0 Å². The van der Waals surface area contributed by atoms with E-state index in [-0.39, 0.29) is 6.03 Å². The summed E-state index contributed by atoms with van der Waals surface area (Å²) in [6, 6.07) is 9.82. The van der Waals surface area contributed by atoms with Gasteiger partial charge in [-0.3, -0.25) is 9.71 Å². The normalized spacial score (nSPS) is 16.2. The van der Waals surface area contributed by atoms with Gasteiger partial charge in [-0.2, -0.15) is 0 Å². The fourth-order valence-electron chi connectivity index (χ4n) is 2.28. The Morgan fingerprint density at radius 2 is 1.96 bits per heavy atom. The van der Waals surface area contributed by atoms with Gasteiger partial charge in [-0.25, -0.2) is 13.2 Å². The summed E-state index contributed by atoms with van der Waals surface area (Å²) in [6.07, 6.45) is 5.68. The molecule has 3 N–H and O–H groups in total. The molecule has 1 aliphatic heterocycles. The fourth-order valence-corrected chi connectivity index (χ4v) is 4.78. The lowest BCUT2D eigenvalue weighted by Crippen LogP contribution is -2.28. The second-order valence-corrected chi connectivity index (χ2v) is 8.84. The van der Waals surface area contributed by atoms with Gasteiger partial charge in [0.25, 0.3) is 0 Å². The number of nitrogens with zero attached hydrogens (tertiary/aromatic N) is 1. The predicted octanol–water partition coefficient (Wildman–Crippen LogP) is 3.12. The molecule has 0 aliphatic carbocycles. The van der Waals surface area contributed by atoms with Gasteiger partial charge >= 0.3 is 6.03 Å². The number of nitrogens with one attached hydrogen (secondary N) is 3. The lowest BCUT2D eigenvalue weighted by atomic mass is 10.3. The lowest BCUT2D eigenvalue weighted by molar-refractivity contribution is 0.251. The van der Waals surface area contributed by atoms with Crippen LogP contribution in [0.4, 0.5) is 16.2 Å². The molecule has 7 nitrogen and oxygen atoms in total. The smallest absolute Gasteiger partial charge is 0.319 e. The highest BCUT2D eigenvalue weighted by molar-refractivity contribution is 8.15. The highest BCUT2D eigenvalue weighted by Crippen LogP contribution is 2.29. The number of aromatic nitrogens is 1. The third kappa shape index (κ3) is 4.99. The SMILES string of the molecule is O=C(NCc1cccnc1)Nc1ccc(NS(=O)(=O)C2CC=CS2)cc1. The average molecular weight is 390 g/mol. The van der Waals surface area contributed by atoms with Crippen LogP contribution >= 0.6 is 11.8 Å². The maximum Gasteiger partial charge on any atom is 0.319 e. The zero-order valence-corrected chi connectivity index (χ0v) is 15.4. The Morgan fingerprint density at radius 1 is 1.19 bits per heavy atom. The molecule has 0 saturated carbocycles. The quantitative estimate of drug-likeness (QED) is 0.704. The number of anilines is 2. The van der Waals surface area contributed by atoms with Crippen molar-refractivity contribution in [3.63, 3.8) is 0 Å². The van der Waals surface area contributed by atoms with Gasteiger partial charge in [0.1, 0.15) is 4.58 Å². The minimum absolute atomic E-state index is 0.351. The second-order valence-electron chi connectivity index (χ2n) is 5.57. The third-order valence-electron chi connectivity index (χ3n) is 3.58. The number of benzene rings is 1. The van der Waals surface area contributed by atoms with E-state index in [1.807, 2.05) is 12.1 Å². The first kappa shape index (κ1) is 18.3. The molecule has 26 heavy (non-hydrogen) atoms. The number of pyridine rings is 1. The van der Waals surface area contributed by atoms with Crippen LogP contribution < -0.4 is 15.4 Å². The first-order valence-electron chi connectivity index (χ1n) is 7.89. The first-order chi connectivity index (χ1) is 12.5. The van der Waals surface area contributed by atoms with Crippen molar-refractivity contribution in [2.24, 2.45) is 0 Å². The Balaban J connectivity index is 1.51. The van der Waals surface area contributed by atoms with Crippen molar-refractivity contribution in [1.82, 2.24) is 10.3 Å². The van der Waals surface area contributed by atoms with Crippen LogP contribution in [0.5, 0.6) is 0 Å². The molecule has 9 heteroatoms. The standard InChI is InChI=1S/C17H18N4O3S2/c22-17(19-12-13-3-1-9-18-11-13)20-14-5-7-15(8-6-14)21-26(23,24)16-4-2-10-25-16/h1-3,5-11,16,21H,4,12H2,(H2,19,20,22). The fraction of sp³-hybridized carbons (Fsp3) is 0.176. The first-order valence-corrected chi connectivity index (χ1v) is 10.4. The molecule has 2 heterocycles. The van der Waals surface area contributed by atoms with Crippen LogP contribution in [0.25, 0.3) is 0 Å². The highest BCUT2D eigenvalue weighted by atomic mass is 32.3. The summed E-state index contributed by atoms with van der Waals surface area (Å²) in [6.45, 7) is 0.366. The van der Waals surface area contributed by atoms with E-state index in [2.05, 4.69) is 20.3 Å². The molecule has 0 radical (unpaired) electrons. The minimum Gasteiger partial charge on any atom is -0.334 e. The Morgan fingerprint density at radius 3 is 2.62 bits per heavy atom. The number of allylic oxidation sites excluding steroid dienone is 1. The number of carbonyl (C=O) groups is 1. The van der Waals surface area contributed by atoms with Crippen LogP contribution in [0.1, 0.15) is 12.0 Å². The molecule has 2 amide bonds. The molecular weight excluding hydrogens is 372 g/mol. The third-order valence-corrected chi connectivity index (χ3v) is 6.92. The van der Waals surface area contributed by atoms with Gasteiger partial charge in [0.05, 0.1) is 0 Å². The van der Waals surface area contributed by atoms with Gasteiger partial charge in [-0.1, -0.05) is 12.1 Å². The van der Waals surface area contributed by atoms with Crippen molar-refractivity contribution in [3.05, 3.63) is 65.8 Å². The Kier molecular flexibility index (Phi) is 5.79. The average Bonchev–Trinajstić information content (AvgIpc) is 3.18. The van der Waals surface area contributed by atoms with E-state index in [0.717, 1.165) is 5.56 Å². The monoisotopic (exact) mass is 390 g/mol. The van der Waals surface area contributed by atoms with E-state index in [0.29, 0.717) is 24.3 Å². The van der Waals surface area contributed by atoms with Crippen molar-refractivity contribution in [1.29, 1.82) is 0 Å². The Labute approximate surface area is 156 Å². The molecule has 1 unspecified atom stereocenters. The van der Waals surface area contributed by atoms with Crippen molar-refractivity contribution in [3.8, 4) is 0 Å². The number of carbonyl (C=O) groups excluding carboxylic acids is 1. The summed E-state index contributed by atoms with van der Waals surface area (Å²) in [5.41, 5.74) is 1.92. The second kappa shape index (κ2) is 8.24. The molecular formula is C17H18N4O3S2. The van der Waals surface area contributed by atoms with Crippen molar-refractivity contribution in [2.45, 2.75) is 17.5 Å². The van der Waals surface area contributed by atoms with E-state index in [4.69, 9.17) is 0 Å². The van der Waals surface area contributed by atoms with E-state index in [1.165, 1.54) is 11.8 Å². The Bertz CT molecular complexity index is 876. The van der Waals surface area contributed by atoms with Crippen LogP contribution in [0, 0.1) is 0 Å². The highest BCUT2D eigenvalue weighted by Gasteiger charge is 2.26. The Hall–Kier alpha value is -2.52. The maximum atomic E-state index is 12.2. The zero-order chi connectivity index (χ0) is 18.4. The number of sulfonamides is 1. The van der Waals surface area contributed by atoms with Gasteiger partial charge in [-0.15, -0.1) is 11.8 Å². The van der Waals surface area contributed by atoms with Crippen molar-refractivity contribution >= 4 is 39.2 Å². The van der Waals surface area contributed by atoms with Crippen LogP contribution in [0.3, 0.4) is 0 Å². The molecule has 0 fully saturated rings. The summed E-state index contributed by atoms with van der Waals surface area (Å²) in [7, 11) is -3.44. The van der Waals surface area contributed by atoms with Crippen LogP contribution in [-0.4, -0.2) is 24.0 Å². The summed E-state index contributed by atoms with van der Waals surface area (Å²) >= 11 is 1.28. The predicted molar refractivity (Wildman–Crippen MR) is 104 cm³/mol. The molecule has 2 aromatic rings. The molecule has 136 valence electrons. The largest absolute Gasteiger partial charge is 0.334 e. The number of rotatable bonds is 6. The lowest BCUT2D eigenvalue weighted by Gasteiger charge is -2.13. The van der Waals surface area contributed by atoms with E-state index < -0.39 is 14.6 Å². The van der Waals surface area contributed by atoms with Gasteiger partial charge in [0, 0.05) is 30.3 Å². The van der Waals surface area contributed by atoms with Crippen LogP contribution in [0.15, 0.2) is 60.3 Å². The number of amides is 2. The number of thioether (sulfide) groups is 1. The van der Waals surface area contributed by atoms with Gasteiger partial charge < -0.3 is 10.6 Å². The summed E-state index contributed by atoms with van der Waals surface area (Å²) < 4.78 is 26.5. The molecule has 0 spiro atoms. The minimum atomic E-state index is -3.44. The summed E-state index contributed by atoms with van der Waals surface area (Å²) in [5, 5.41) is 7.21. The topological polar surface area (TPSA) is 100 Å². The molecule has 1 atom stereocenters. The molecule has 0 bridgehead atoms. The van der Waals surface area contributed by atoms with Crippen molar-refractivity contribution < 1.29 is 13.2 Å². The number of hydrogen-bond acceptors (Lipinski definition) is 5. The zero-order valence-electron chi connectivity index (χ0n) is 13.8. The van der Waals surface area contributed by atoms with Gasteiger partial charge in [0.2, 0.25) is 10.0 Å². The number of hydrogen-bond donors (Lipinski definition) is 3. The van der Waals surface area contributed by atoms with Gasteiger partial charge in [-0.05, 0) is 47.7 Å². The summed E-state index contributed by atoms with van der Waals surface area (Å²) in [4.78, 5) is 15.9. The molecule has 1 aliphatic rings. The summed E-state index contributed by atoms with van der Waals surface area (Å²) in [5.74, 6) is 0. The molecule has 1 aromatic carbocycles. The molecule has 0 saturated heterocycles. The number of urea groups is 1. The molecule has 1 aromatic heterocycles. The maximum absolute atomic E-state index is 12.2. The van der Waals surface area contributed by atoms with E-state index in [9.17, 15) is 13.2 Å². The van der Waals surface area contributed by atoms with Crippen LogP contribution in [-0.2, 0) is 16.6 Å². The molecule has 3 rings (SSSR count). The van der Waals surface area contributed by atoms with Crippen LogP contribution in [0.2, 0.25) is 0 Å². The van der Waals surface area contributed by atoms with E-state index in [1.54, 1.807) is 48.1 Å². The van der Waals surface area contributed by atoms with Crippen molar-refractivity contribution in [2.75, 3.05) is 10.0 Å². The van der Waals surface area contributed by atoms with E-state index >= 15 is 0 Å².